The first-order valence-corrected chi connectivity index (χ1v) is 9.10. The van der Waals surface area contributed by atoms with Crippen LogP contribution in [0.5, 0.6) is 11.5 Å². The molecule has 7 heteroatoms. The molecule has 1 aromatic carbocycles. The highest BCUT2D eigenvalue weighted by atomic mass is 19.1. The van der Waals surface area contributed by atoms with E-state index in [1.165, 1.54) is 30.5 Å². The van der Waals surface area contributed by atoms with Crippen molar-refractivity contribution in [2.24, 2.45) is 5.92 Å². The molecule has 0 spiro atoms. The molecule has 0 radical (unpaired) electrons. The van der Waals surface area contributed by atoms with Gasteiger partial charge in [0, 0.05) is 31.9 Å². The maximum atomic E-state index is 13.0. The van der Waals surface area contributed by atoms with E-state index >= 15 is 0 Å². The van der Waals surface area contributed by atoms with E-state index in [-0.39, 0.29) is 24.1 Å². The van der Waals surface area contributed by atoms with Gasteiger partial charge in [-0.2, -0.15) is 0 Å². The lowest BCUT2D eigenvalue weighted by molar-refractivity contribution is 0.0925. The normalized spacial score (nSPS) is 17.5. The molecule has 3 rings (SSSR count). The smallest absolute Gasteiger partial charge is 0.270 e. The zero-order valence-electron chi connectivity index (χ0n) is 15.0. The van der Waals surface area contributed by atoms with Crippen molar-refractivity contribution in [3.8, 4) is 11.5 Å². The number of nitrogens with zero attached hydrogens (tertiary/aromatic N) is 2. The van der Waals surface area contributed by atoms with E-state index in [2.05, 4.69) is 15.2 Å². The largest absolute Gasteiger partial charge is 0.457 e. The first-order valence-electron chi connectivity index (χ1n) is 9.10. The Kier molecular flexibility index (Phi) is 6.70. The maximum absolute atomic E-state index is 13.0. The molecule has 2 aromatic rings. The van der Waals surface area contributed by atoms with Crippen molar-refractivity contribution >= 4 is 5.91 Å². The van der Waals surface area contributed by atoms with Crippen LogP contribution in [-0.2, 0) is 0 Å². The molecular weight excluding hydrogens is 352 g/mol. The molecule has 1 aliphatic heterocycles. The fourth-order valence-electron chi connectivity index (χ4n) is 3.21. The Bertz CT molecular complexity index is 753. The van der Waals surface area contributed by atoms with Crippen molar-refractivity contribution in [3.63, 3.8) is 0 Å². The number of hydrogen-bond acceptors (Lipinski definition) is 4. The molecule has 1 amide bonds. The molecule has 0 unspecified atom stereocenters. The van der Waals surface area contributed by atoms with E-state index in [1.54, 1.807) is 12.1 Å². The van der Waals surface area contributed by atoms with Crippen molar-refractivity contribution in [3.05, 3.63) is 54.1 Å². The Morgan fingerprint density at radius 3 is 2.85 bits per heavy atom. The van der Waals surface area contributed by atoms with E-state index < -0.39 is 0 Å². The zero-order chi connectivity index (χ0) is 19.1. The topological polar surface area (TPSA) is 54.5 Å². The molecule has 1 atom stereocenters. The Balaban J connectivity index is 1.54. The summed E-state index contributed by atoms with van der Waals surface area (Å²) in [6.45, 7) is 2.36. The number of likely N-dealkylation sites (tertiary alicyclic amines) is 1. The third-order valence-corrected chi connectivity index (χ3v) is 4.57. The Hall–Kier alpha value is -2.54. The van der Waals surface area contributed by atoms with Crippen molar-refractivity contribution < 1.29 is 18.3 Å². The lowest BCUT2D eigenvalue weighted by atomic mass is 9.98. The van der Waals surface area contributed by atoms with Gasteiger partial charge in [0.1, 0.15) is 29.7 Å². The van der Waals surface area contributed by atoms with Crippen molar-refractivity contribution in [1.29, 1.82) is 0 Å². The van der Waals surface area contributed by atoms with Gasteiger partial charge in [-0.3, -0.25) is 9.78 Å². The minimum atomic E-state index is -0.343. The molecule has 1 fully saturated rings. The number of rotatable bonds is 7. The number of alkyl halides is 1. The van der Waals surface area contributed by atoms with Gasteiger partial charge in [0.2, 0.25) is 0 Å². The first-order chi connectivity index (χ1) is 13.1. The van der Waals surface area contributed by atoms with Crippen LogP contribution in [0.25, 0.3) is 0 Å². The van der Waals surface area contributed by atoms with Gasteiger partial charge in [-0.15, -0.1) is 0 Å². The molecule has 1 N–H and O–H groups in total. The highest BCUT2D eigenvalue weighted by molar-refractivity contribution is 5.92. The van der Waals surface area contributed by atoms with Gasteiger partial charge in [-0.25, -0.2) is 8.78 Å². The summed E-state index contributed by atoms with van der Waals surface area (Å²) >= 11 is 0. The van der Waals surface area contributed by atoms with Gasteiger partial charge in [0.05, 0.1) is 0 Å². The number of aromatic nitrogens is 1. The number of nitrogens with one attached hydrogen (secondary N) is 1. The zero-order valence-corrected chi connectivity index (χ0v) is 15.0. The van der Waals surface area contributed by atoms with E-state index in [0.717, 1.165) is 25.9 Å². The van der Waals surface area contributed by atoms with Crippen LogP contribution in [-0.4, -0.2) is 48.6 Å². The fraction of sp³-hybridized carbons (Fsp3) is 0.400. The van der Waals surface area contributed by atoms with Crippen LogP contribution in [0.4, 0.5) is 8.78 Å². The second kappa shape index (κ2) is 9.41. The number of benzene rings is 1. The monoisotopic (exact) mass is 375 g/mol. The number of pyridine rings is 1. The van der Waals surface area contributed by atoms with Crippen LogP contribution in [0.15, 0.2) is 42.6 Å². The Labute approximate surface area is 157 Å². The van der Waals surface area contributed by atoms with Crippen LogP contribution >= 0.6 is 0 Å². The number of carbonyl (C=O) groups excluding carboxylic acids is 1. The molecule has 0 bridgehead atoms. The molecule has 1 saturated heterocycles. The van der Waals surface area contributed by atoms with E-state index in [1.807, 2.05) is 0 Å². The molecular formula is C20H23F2N3O2. The van der Waals surface area contributed by atoms with Gasteiger partial charge < -0.3 is 15.0 Å². The van der Waals surface area contributed by atoms with E-state index in [0.29, 0.717) is 30.5 Å². The van der Waals surface area contributed by atoms with Crippen LogP contribution in [0, 0.1) is 11.7 Å². The van der Waals surface area contributed by atoms with Crippen LogP contribution in [0.3, 0.4) is 0 Å². The van der Waals surface area contributed by atoms with Gasteiger partial charge in [-0.1, -0.05) is 0 Å². The molecule has 0 aliphatic carbocycles. The van der Waals surface area contributed by atoms with Crippen molar-refractivity contribution in [2.45, 2.75) is 12.8 Å². The summed E-state index contributed by atoms with van der Waals surface area (Å²) in [7, 11) is 0. The SMILES string of the molecule is O=C(NC[C@H]1CCCN(CCF)C1)c1cc(Oc2ccc(F)cc2)ccn1. The molecule has 1 aliphatic rings. The first kappa shape index (κ1) is 19.2. The molecule has 1 aromatic heterocycles. The molecule has 5 nitrogen and oxygen atoms in total. The van der Waals surface area contributed by atoms with Crippen molar-refractivity contribution in [1.82, 2.24) is 15.2 Å². The predicted octanol–water partition coefficient (Wildman–Crippen LogP) is 3.42. The number of ether oxygens (including phenoxy) is 1. The van der Waals surface area contributed by atoms with Crippen LogP contribution < -0.4 is 10.1 Å². The van der Waals surface area contributed by atoms with Gasteiger partial charge in [-0.05, 0) is 55.6 Å². The lowest BCUT2D eigenvalue weighted by Gasteiger charge is -2.32. The number of piperidine rings is 1. The fourth-order valence-corrected chi connectivity index (χ4v) is 3.21. The molecule has 0 saturated carbocycles. The summed E-state index contributed by atoms with van der Waals surface area (Å²) in [6, 6.07) is 8.83. The van der Waals surface area contributed by atoms with Crippen LogP contribution in [0.2, 0.25) is 0 Å². The standard InChI is InChI=1S/C20H23F2N3O2/c21-8-11-25-10-1-2-15(14-25)13-24-20(26)19-12-18(7-9-23-19)27-17-5-3-16(22)4-6-17/h3-7,9,12,15H,1-2,8,10-11,13-14H2,(H,24,26)/t15-/m1/s1. The number of hydrogen-bond donors (Lipinski definition) is 1. The predicted molar refractivity (Wildman–Crippen MR) is 98.2 cm³/mol. The summed E-state index contributed by atoms with van der Waals surface area (Å²) in [5.74, 6) is 0.623. The minimum absolute atomic E-state index is 0.256. The summed E-state index contributed by atoms with van der Waals surface area (Å²) in [4.78, 5) is 18.6. The third kappa shape index (κ3) is 5.72. The molecule has 2 heterocycles. The second-order valence-corrected chi connectivity index (χ2v) is 6.64. The Morgan fingerprint density at radius 1 is 1.26 bits per heavy atom. The second-order valence-electron chi connectivity index (χ2n) is 6.64. The summed E-state index contributed by atoms with van der Waals surface area (Å²) in [5.41, 5.74) is 0.256. The van der Waals surface area contributed by atoms with E-state index in [9.17, 15) is 13.6 Å². The van der Waals surface area contributed by atoms with Crippen molar-refractivity contribution in [2.75, 3.05) is 32.9 Å². The van der Waals surface area contributed by atoms with E-state index in [4.69, 9.17) is 4.74 Å². The summed E-state index contributed by atoms with van der Waals surface area (Å²) in [5, 5.41) is 2.90. The number of carbonyl (C=O) groups is 1. The number of amides is 1. The average molecular weight is 375 g/mol. The quantitative estimate of drug-likeness (QED) is 0.806. The average Bonchev–Trinajstić information content (AvgIpc) is 2.69. The highest BCUT2D eigenvalue weighted by Crippen LogP contribution is 2.22. The van der Waals surface area contributed by atoms with Crippen LogP contribution in [0.1, 0.15) is 23.3 Å². The minimum Gasteiger partial charge on any atom is -0.457 e. The summed E-state index contributed by atoms with van der Waals surface area (Å²) in [6.07, 6.45) is 3.53. The van der Waals surface area contributed by atoms with Gasteiger partial charge >= 0.3 is 0 Å². The summed E-state index contributed by atoms with van der Waals surface area (Å²) < 4.78 is 31.1. The maximum Gasteiger partial charge on any atom is 0.270 e. The Morgan fingerprint density at radius 2 is 2.07 bits per heavy atom. The van der Waals surface area contributed by atoms with Gasteiger partial charge in [0.25, 0.3) is 5.91 Å². The lowest BCUT2D eigenvalue weighted by Crippen LogP contribution is -2.41. The molecule has 27 heavy (non-hydrogen) atoms. The third-order valence-electron chi connectivity index (χ3n) is 4.57. The molecule has 144 valence electrons. The van der Waals surface area contributed by atoms with Gasteiger partial charge in [0.15, 0.2) is 0 Å². The number of halogens is 2. The highest BCUT2D eigenvalue weighted by Gasteiger charge is 2.20.